The SMILES string of the molecule is CCOC(=O)c1ccc(N)c(C#CCC(=O)OC)c1. The highest BCUT2D eigenvalue weighted by Crippen LogP contribution is 2.14. The molecular formula is C14H15NO4. The average molecular weight is 261 g/mol. The van der Waals surface area contributed by atoms with Crippen LogP contribution in [-0.2, 0) is 14.3 Å². The topological polar surface area (TPSA) is 78.6 Å². The number of hydrogen-bond donors (Lipinski definition) is 1. The van der Waals surface area contributed by atoms with Crippen LogP contribution in [0.5, 0.6) is 0 Å². The number of esters is 2. The fraction of sp³-hybridized carbons (Fsp3) is 0.286. The van der Waals surface area contributed by atoms with Gasteiger partial charge in [-0.1, -0.05) is 11.8 Å². The van der Waals surface area contributed by atoms with Gasteiger partial charge in [-0.15, -0.1) is 0 Å². The molecule has 100 valence electrons. The second kappa shape index (κ2) is 7.07. The first kappa shape index (κ1) is 14.6. The molecule has 19 heavy (non-hydrogen) atoms. The van der Waals surface area contributed by atoms with Crippen molar-refractivity contribution in [2.45, 2.75) is 13.3 Å². The van der Waals surface area contributed by atoms with Gasteiger partial charge in [-0.2, -0.15) is 0 Å². The quantitative estimate of drug-likeness (QED) is 0.505. The Morgan fingerprint density at radius 2 is 2.11 bits per heavy atom. The van der Waals surface area contributed by atoms with Gasteiger partial charge in [0.2, 0.25) is 0 Å². The van der Waals surface area contributed by atoms with Crippen molar-refractivity contribution in [1.29, 1.82) is 0 Å². The van der Waals surface area contributed by atoms with Crippen LogP contribution in [-0.4, -0.2) is 25.7 Å². The molecule has 0 radical (unpaired) electrons. The maximum absolute atomic E-state index is 11.6. The minimum atomic E-state index is -0.432. The van der Waals surface area contributed by atoms with E-state index in [-0.39, 0.29) is 6.42 Å². The maximum Gasteiger partial charge on any atom is 0.338 e. The number of methoxy groups -OCH3 is 1. The Kier molecular flexibility index (Phi) is 5.42. The summed E-state index contributed by atoms with van der Waals surface area (Å²) in [4.78, 5) is 22.5. The Labute approximate surface area is 111 Å². The summed E-state index contributed by atoms with van der Waals surface area (Å²) in [5.41, 5.74) is 7.03. The smallest absolute Gasteiger partial charge is 0.338 e. The zero-order valence-electron chi connectivity index (χ0n) is 10.9. The fourth-order valence-electron chi connectivity index (χ4n) is 1.29. The van der Waals surface area contributed by atoms with E-state index < -0.39 is 11.9 Å². The van der Waals surface area contributed by atoms with Crippen LogP contribution in [0.2, 0.25) is 0 Å². The number of anilines is 1. The third-order valence-corrected chi connectivity index (χ3v) is 2.25. The van der Waals surface area contributed by atoms with Gasteiger partial charge in [-0.3, -0.25) is 4.79 Å². The number of benzene rings is 1. The molecule has 0 spiro atoms. The Hall–Kier alpha value is -2.48. The van der Waals surface area contributed by atoms with E-state index in [0.29, 0.717) is 23.4 Å². The second-order valence-electron chi connectivity index (χ2n) is 3.58. The average Bonchev–Trinajstić information content (AvgIpc) is 2.40. The number of nitrogen functional groups attached to an aromatic ring is 1. The highest BCUT2D eigenvalue weighted by molar-refractivity contribution is 5.90. The van der Waals surface area contributed by atoms with E-state index in [1.54, 1.807) is 19.1 Å². The number of ether oxygens (including phenoxy) is 2. The van der Waals surface area contributed by atoms with Crippen molar-refractivity contribution in [2.24, 2.45) is 0 Å². The molecule has 1 rings (SSSR count). The summed E-state index contributed by atoms with van der Waals surface area (Å²) in [6, 6.07) is 4.69. The molecule has 0 amide bonds. The third-order valence-electron chi connectivity index (χ3n) is 2.25. The normalized spacial score (nSPS) is 9.16. The molecule has 0 unspecified atom stereocenters. The van der Waals surface area contributed by atoms with E-state index in [4.69, 9.17) is 10.5 Å². The van der Waals surface area contributed by atoms with Gasteiger partial charge in [0.25, 0.3) is 0 Å². The van der Waals surface area contributed by atoms with Crippen LogP contribution in [0.15, 0.2) is 18.2 Å². The summed E-state index contributed by atoms with van der Waals surface area (Å²) < 4.78 is 9.35. The minimum absolute atomic E-state index is 0.0282. The summed E-state index contributed by atoms with van der Waals surface area (Å²) in [6.07, 6.45) is -0.0282. The summed E-state index contributed by atoms with van der Waals surface area (Å²) in [6.45, 7) is 2.03. The van der Waals surface area contributed by atoms with Crippen LogP contribution in [0, 0.1) is 11.8 Å². The Bertz CT molecular complexity index is 540. The van der Waals surface area contributed by atoms with Crippen molar-refractivity contribution in [3.63, 3.8) is 0 Å². The standard InChI is InChI=1S/C14H15NO4/c1-3-19-14(17)11-7-8-12(15)10(9-11)5-4-6-13(16)18-2/h7-9H,3,6,15H2,1-2H3. The lowest BCUT2D eigenvalue weighted by Gasteiger charge is -2.04. The second-order valence-corrected chi connectivity index (χ2v) is 3.58. The first-order chi connectivity index (χ1) is 9.08. The lowest BCUT2D eigenvalue weighted by atomic mass is 10.1. The predicted octanol–water partition coefficient (Wildman–Crippen LogP) is 1.36. The monoisotopic (exact) mass is 261 g/mol. The zero-order valence-corrected chi connectivity index (χ0v) is 10.9. The van der Waals surface area contributed by atoms with E-state index in [1.165, 1.54) is 13.2 Å². The van der Waals surface area contributed by atoms with Crippen molar-refractivity contribution in [3.8, 4) is 11.8 Å². The molecule has 1 aromatic rings. The van der Waals surface area contributed by atoms with Gasteiger partial charge in [0.1, 0.15) is 6.42 Å². The number of rotatable bonds is 3. The first-order valence-corrected chi connectivity index (χ1v) is 5.70. The molecule has 0 saturated heterocycles. The van der Waals surface area contributed by atoms with Gasteiger partial charge in [0.05, 0.1) is 19.3 Å². The van der Waals surface area contributed by atoms with Crippen molar-refractivity contribution in [2.75, 3.05) is 19.5 Å². The van der Waals surface area contributed by atoms with E-state index in [1.807, 2.05) is 0 Å². The van der Waals surface area contributed by atoms with Crippen molar-refractivity contribution in [1.82, 2.24) is 0 Å². The maximum atomic E-state index is 11.6. The van der Waals surface area contributed by atoms with Crippen LogP contribution in [0.4, 0.5) is 5.69 Å². The molecule has 0 bridgehead atoms. The Balaban J connectivity index is 2.91. The van der Waals surface area contributed by atoms with Gasteiger partial charge in [0.15, 0.2) is 0 Å². The van der Waals surface area contributed by atoms with Crippen LogP contribution < -0.4 is 5.73 Å². The van der Waals surface area contributed by atoms with E-state index >= 15 is 0 Å². The van der Waals surface area contributed by atoms with Crippen LogP contribution in [0.25, 0.3) is 0 Å². The summed E-state index contributed by atoms with van der Waals surface area (Å²) in [5, 5.41) is 0. The van der Waals surface area contributed by atoms with Crippen molar-refractivity contribution >= 4 is 17.6 Å². The number of nitrogens with two attached hydrogens (primary N) is 1. The Morgan fingerprint density at radius 1 is 1.37 bits per heavy atom. The van der Waals surface area contributed by atoms with Gasteiger partial charge in [-0.05, 0) is 25.1 Å². The largest absolute Gasteiger partial charge is 0.468 e. The molecule has 0 atom stereocenters. The third kappa shape index (κ3) is 4.36. The van der Waals surface area contributed by atoms with Gasteiger partial charge in [0, 0.05) is 11.3 Å². The van der Waals surface area contributed by atoms with Crippen LogP contribution >= 0.6 is 0 Å². The molecule has 5 nitrogen and oxygen atoms in total. The summed E-state index contributed by atoms with van der Waals surface area (Å²) >= 11 is 0. The lowest BCUT2D eigenvalue weighted by Crippen LogP contribution is -2.05. The van der Waals surface area contributed by atoms with E-state index in [0.717, 1.165) is 0 Å². The lowest BCUT2D eigenvalue weighted by molar-refractivity contribution is -0.139. The number of carbonyl (C=O) groups is 2. The van der Waals surface area contributed by atoms with Gasteiger partial charge in [-0.25, -0.2) is 4.79 Å². The molecule has 0 aliphatic heterocycles. The predicted molar refractivity (Wildman–Crippen MR) is 70.3 cm³/mol. The van der Waals surface area contributed by atoms with Crippen LogP contribution in [0.3, 0.4) is 0 Å². The molecule has 2 N–H and O–H groups in total. The van der Waals surface area contributed by atoms with Crippen LogP contribution in [0.1, 0.15) is 29.3 Å². The highest BCUT2D eigenvalue weighted by atomic mass is 16.5. The first-order valence-electron chi connectivity index (χ1n) is 5.70. The molecule has 0 fully saturated rings. The highest BCUT2D eigenvalue weighted by Gasteiger charge is 2.08. The molecule has 0 aromatic heterocycles. The number of hydrogen-bond acceptors (Lipinski definition) is 5. The van der Waals surface area contributed by atoms with E-state index in [2.05, 4.69) is 16.6 Å². The molecule has 0 aliphatic rings. The van der Waals surface area contributed by atoms with Crippen molar-refractivity contribution < 1.29 is 19.1 Å². The molecule has 0 heterocycles. The molecule has 0 aliphatic carbocycles. The number of carbonyl (C=O) groups excluding carboxylic acids is 2. The zero-order chi connectivity index (χ0) is 14.3. The molecule has 1 aromatic carbocycles. The van der Waals surface area contributed by atoms with Gasteiger partial charge >= 0.3 is 11.9 Å². The molecule has 0 saturated carbocycles. The molecular weight excluding hydrogens is 246 g/mol. The summed E-state index contributed by atoms with van der Waals surface area (Å²) in [5.74, 6) is 4.51. The summed E-state index contributed by atoms with van der Waals surface area (Å²) in [7, 11) is 1.29. The fourth-order valence-corrected chi connectivity index (χ4v) is 1.29. The van der Waals surface area contributed by atoms with E-state index in [9.17, 15) is 9.59 Å². The Morgan fingerprint density at radius 3 is 2.74 bits per heavy atom. The molecule has 5 heteroatoms. The minimum Gasteiger partial charge on any atom is -0.468 e. The van der Waals surface area contributed by atoms with Gasteiger partial charge < -0.3 is 15.2 Å². The van der Waals surface area contributed by atoms with Crippen molar-refractivity contribution in [3.05, 3.63) is 29.3 Å².